The van der Waals surface area contributed by atoms with Crippen LogP contribution in [-0.4, -0.2) is 36.2 Å². The number of benzene rings is 1. The highest BCUT2D eigenvalue weighted by Gasteiger charge is 2.52. The summed E-state index contributed by atoms with van der Waals surface area (Å²) in [6.07, 6.45) is -0.620. The molecule has 0 atom stereocenters. The van der Waals surface area contributed by atoms with Crippen LogP contribution in [0.3, 0.4) is 0 Å². The Bertz CT molecular complexity index is 759. The smallest absolute Gasteiger partial charge is 0.399 e. The van der Waals surface area contributed by atoms with Gasteiger partial charge in [0.05, 0.1) is 11.2 Å². The Hall–Kier alpha value is -1.61. The molecule has 1 aromatic rings. The fourth-order valence-corrected chi connectivity index (χ4v) is 3.37. The fourth-order valence-electron chi connectivity index (χ4n) is 3.37. The molecular formula is C19H24BF4NO3. The van der Waals surface area contributed by atoms with E-state index in [1.165, 1.54) is 6.07 Å². The van der Waals surface area contributed by atoms with E-state index in [0.717, 1.165) is 6.07 Å². The predicted octanol–water partition coefficient (Wildman–Crippen LogP) is 3.57. The van der Waals surface area contributed by atoms with E-state index >= 15 is 4.39 Å². The first-order valence-corrected chi connectivity index (χ1v) is 9.35. The van der Waals surface area contributed by atoms with Crippen molar-refractivity contribution < 1.29 is 31.7 Å². The second-order valence-electron chi connectivity index (χ2n) is 8.52. The molecule has 1 heterocycles. The van der Waals surface area contributed by atoms with Gasteiger partial charge in [-0.3, -0.25) is 4.79 Å². The maximum Gasteiger partial charge on any atom is 0.497 e. The Balaban J connectivity index is 1.81. The van der Waals surface area contributed by atoms with E-state index in [1.54, 1.807) is 27.7 Å². The zero-order chi connectivity index (χ0) is 20.9. The van der Waals surface area contributed by atoms with Crippen LogP contribution in [0.25, 0.3) is 0 Å². The number of hydrogen-bond donors (Lipinski definition) is 1. The van der Waals surface area contributed by atoms with E-state index in [-0.39, 0.29) is 31.1 Å². The van der Waals surface area contributed by atoms with Gasteiger partial charge in [0.2, 0.25) is 5.92 Å². The van der Waals surface area contributed by atoms with Crippen LogP contribution < -0.4 is 10.8 Å². The number of rotatable bonds is 3. The molecule has 154 valence electrons. The second-order valence-corrected chi connectivity index (χ2v) is 8.52. The summed E-state index contributed by atoms with van der Waals surface area (Å²) >= 11 is 0. The number of alkyl halides is 2. The molecule has 0 spiro atoms. The molecule has 3 rings (SSSR count). The average molecular weight is 401 g/mol. The topological polar surface area (TPSA) is 47.6 Å². The molecule has 1 amide bonds. The molecule has 0 unspecified atom stereocenters. The lowest BCUT2D eigenvalue weighted by molar-refractivity contribution is -0.0399. The van der Waals surface area contributed by atoms with Gasteiger partial charge in [-0.15, -0.1) is 0 Å². The molecular weight excluding hydrogens is 377 g/mol. The van der Waals surface area contributed by atoms with Gasteiger partial charge in [0, 0.05) is 24.3 Å². The summed E-state index contributed by atoms with van der Waals surface area (Å²) in [7, 11) is -1.09. The predicted molar refractivity (Wildman–Crippen MR) is 96.7 cm³/mol. The third kappa shape index (κ3) is 3.92. The normalized spacial score (nSPS) is 23.6. The molecule has 1 saturated carbocycles. The van der Waals surface area contributed by atoms with Crippen molar-refractivity contribution in [2.75, 3.05) is 0 Å². The summed E-state index contributed by atoms with van der Waals surface area (Å²) in [5.41, 5.74) is -2.30. The van der Waals surface area contributed by atoms with Crippen molar-refractivity contribution >= 4 is 18.5 Å². The molecule has 2 fully saturated rings. The molecule has 1 aliphatic heterocycles. The summed E-state index contributed by atoms with van der Waals surface area (Å²) < 4.78 is 67.4. The van der Waals surface area contributed by atoms with E-state index in [0.29, 0.717) is 0 Å². The van der Waals surface area contributed by atoms with E-state index in [4.69, 9.17) is 9.31 Å². The van der Waals surface area contributed by atoms with Gasteiger partial charge in [-0.25, -0.2) is 17.6 Å². The SMILES string of the molecule is CC1(C)OB(c2ccc(F)c(C(=O)NC3CCC(F)(F)CC3)c2F)OC1(C)C. The number of carbonyl (C=O) groups is 1. The van der Waals surface area contributed by atoms with Crippen molar-refractivity contribution in [3.05, 3.63) is 29.3 Å². The molecule has 0 aromatic heterocycles. The van der Waals surface area contributed by atoms with Gasteiger partial charge in [0.25, 0.3) is 5.91 Å². The highest BCUT2D eigenvalue weighted by atomic mass is 19.3. The van der Waals surface area contributed by atoms with E-state index < -0.39 is 53.4 Å². The first-order valence-electron chi connectivity index (χ1n) is 9.35. The number of halogens is 4. The van der Waals surface area contributed by atoms with Crippen molar-refractivity contribution in [1.29, 1.82) is 0 Å². The van der Waals surface area contributed by atoms with Crippen LogP contribution in [0.2, 0.25) is 0 Å². The monoisotopic (exact) mass is 401 g/mol. The van der Waals surface area contributed by atoms with Crippen LogP contribution in [0.4, 0.5) is 17.6 Å². The van der Waals surface area contributed by atoms with Gasteiger partial charge in [0.1, 0.15) is 17.2 Å². The van der Waals surface area contributed by atoms with Crippen molar-refractivity contribution in [1.82, 2.24) is 5.32 Å². The fraction of sp³-hybridized carbons (Fsp3) is 0.632. The Morgan fingerprint density at radius 1 is 1.07 bits per heavy atom. The lowest BCUT2D eigenvalue weighted by atomic mass is 9.77. The molecule has 28 heavy (non-hydrogen) atoms. The Labute approximate surface area is 162 Å². The van der Waals surface area contributed by atoms with Crippen molar-refractivity contribution in [2.24, 2.45) is 0 Å². The molecule has 1 N–H and O–H groups in total. The zero-order valence-corrected chi connectivity index (χ0v) is 16.4. The molecule has 0 radical (unpaired) electrons. The Morgan fingerprint density at radius 3 is 2.14 bits per heavy atom. The van der Waals surface area contributed by atoms with E-state index in [9.17, 15) is 18.0 Å². The minimum atomic E-state index is -2.76. The van der Waals surface area contributed by atoms with Crippen molar-refractivity contribution in [3.8, 4) is 0 Å². The Kier molecular flexibility index (Phi) is 5.29. The van der Waals surface area contributed by atoms with Gasteiger partial charge >= 0.3 is 7.12 Å². The maximum absolute atomic E-state index is 15.0. The molecule has 4 nitrogen and oxygen atoms in total. The largest absolute Gasteiger partial charge is 0.497 e. The number of hydrogen-bond acceptors (Lipinski definition) is 3. The highest BCUT2D eigenvalue weighted by Crippen LogP contribution is 2.37. The van der Waals surface area contributed by atoms with Crippen LogP contribution in [-0.2, 0) is 9.31 Å². The van der Waals surface area contributed by atoms with Crippen LogP contribution in [0.5, 0.6) is 0 Å². The first kappa shape index (κ1) is 21.1. The van der Waals surface area contributed by atoms with E-state index in [1.807, 2.05) is 0 Å². The van der Waals surface area contributed by atoms with E-state index in [2.05, 4.69) is 5.32 Å². The van der Waals surface area contributed by atoms with Crippen LogP contribution in [0, 0.1) is 11.6 Å². The number of carbonyl (C=O) groups excluding carboxylic acids is 1. The molecule has 1 aliphatic carbocycles. The van der Waals surface area contributed by atoms with Crippen LogP contribution in [0.15, 0.2) is 12.1 Å². The molecule has 1 saturated heterocycles. The average Bonchev–Trinajstić information content (AvgIpc) is 2.77. The summed E-state index contributed by atoms with van der Waals surface area (Å²) in [4.78, 5) is 12.5. The van der Waals surface area contributed by atoms with Crippen LogP contribution in [0.1, 0.15) is 63.7 Å². The first-order chi connectivity index (χ1) is 12.8. The van der Waals surface area contributed by atoms with Gasteiger partial charge in [-0.05, 0) is 46.6 Å². The Morgan fingerprint density at radius 2 is 1.61 bits per heavy atom. The lowest BCUT2D eigenvalue weighted by Gasteiger charge is -2.32. The van der Waals surface area contributed by atoms with Crippen LogP contribution >= 0.6 is 0 Å². The molecule has 0 bridgehead atoms. The van der Waals surface area contributed by atoms with Crippen molar-refractivity contribution in [2.45, 2.75) is 76.5 Å². The summed E-state index contributed by atoms with van der Waals surface area (Å²) in [5.74, 6) is -5.83. The zero-order valence-electron chi connectivity index (χ0n) is 16.4. The second kappa shape index (κ2) is 7.02. The maximum atomic E-state index is 15.0. The third-order valence-electron chi connectivity index (χ3n) is 5.91. The number of amides is 1. The molecule has 2 aliphatic rings. The van der Waals surface area contributed by atoms with Gasteiger partial charge in [-0.2, -0.15) is 0 Å². The molecule has 9 heteroatoms. The van der Waals surface area contributed by atoms with Gasteiger partial charge in [0.15, 0.2) is 0 Å². The minimum absolute atomic E-state index is 0.0545. The minimum Gasteiger partial charge on any atom is -0.399 e. The van der Waals surface area contributed by atoms with Gasteiger partial charge in [-0.1, -0.05) is 6.07 Å². The number of nitrogens with one attached hydrogen (secondary N) is 1. The summed E-state index contributed by atoms with van der Waals surface area (Å²) in [6.45, 7) is 7.17. The summed E-state index contributed by atoms with van der Waals surface area (Å²) in [5, 5.41) is 2.47. The molecule has 1 aromatic carbocycles. The van der Waals surface area contributed by atoms with Crippen molar-refractivity contribution in [3.63, 3.8) is 0 Å². The highest BCUT2D eigenvalue weighted by molar-refractivity contribution is 6.62. The quantitative estimate of drug-likeness (QED) is 0.623. The third-order valence-corrected chi connectivity index (χ3v) is 5.91. The lowest BCUT2D eigenvalue weighted by Crippen LogP contribution is -2.43. The standard InChI is InChI=1S/C19H24BF4NO3/c1-17(2)18(3,4)28-20(27-17)12-5-6-13(21)14(15(12)22)16(26)25-11-7-9-19(23,24)10-8-11/h5-6,11H,7-10H2,1-4H3,(H,25,26). The van der Waals surface area contributed by atoms with Gasteiger partial charge < -0.3 is 14.6 Å². The summed E-state index contributed by atoms with van der Waals surface area (Å²) in [6, 6.07) is 1.62.